The van der Waals surface area contributed by atoms with Crippen LogP contribution in [0.5, 0.6) is 0 Å². The molecular formula is C17H21Cl2N3OS. The molecule has 2 heterocycles. The van der Waals surface area contributed by atoms with Crippen LogP contribution in [-0.2, 0) is 13.1 Å². The van der Waals surface area contributed by atoms with Gasteiger partial charge in [0.05, 0.1) is 4.34 Å². The lowest BCUT2D eigenvalue weighted by atomic mass is 10.1. The zero-order valence-electron chi connectivity index (χ0n) is 13.3. The summed E-state index contributed by atoms with van der Waals surface area (Å²) in [5.74, 6) is 0.104. The monoisotopic (exact) mass is 385 g/mol. The zero-order chi connectivity index (χ0) is 16.2. The SMILES string of the molecule is Cl.NCc1ccc(C(=O)N2CCN(Cc3ccc(Cl)s3)CC2)cc1. The number of rotatable bonds is 4. The first-order valence-electron chi connectivity index (χ1n) is 7.70. The highest BCUT2D eigenvalue weighted by Crippen LogP contribution is 2.23. The molecule has 1 aromatic carbocycles. The molecule has 1 aromatic heterocycles. The van der Waals surface area contributed by atoms with Crippen LogP contribution in [0.2, 0.25) is 4.34 Å². The minimum absolute atomic E-state index is 0. The minimum atomic E-state index is 0. The summed E-state index contributed by atoms with van der Waals surface area (Å²) in [4.78, 5) is 18.1. The van der Waals surface area contributed by atoms with Crippen LogP contribution in [0.3, 0.4) is 0 Å². The van der Waals surface area contributed by atoms with Crippen molar-refractivity contribution < 1.29 is 4.79 Å². The number of carbonyl (C=O) groups is 1. The van der Waals surface area contributed by atoms with E-state index in [1.54, 1.807) is 11.3 Å². The summed E-state index contributed by atoms with van der Waals surface area (Å²) in [7, 11) is 0. The molecule has 2 aromatic rings. The highest BCUT2D eigenvalue weighted by molar-refractivity contribution is 7.16. The molecule has 1 fully saturated rings. The maximum atomic E-state index is 12.5. The number of nitrogens with zero attached hydrogens (tertiary/aromatic N) is 2. The number of benzene rings is 1. The van der Waals surface area contributed by atoms with Gasteiger partial charge in [-0.2, -0.15) is 0 Å². The summed E-state index contributed by atoms with van der Waals surface area (Å²) >= 11 is 7.59. The van der Waals surface area contributed by atoms with Gasteiger partial charge >= 0.3 is 0 Å². The number of thiophene rings is 1. The first-order valence-corrected chi connectivity index (χ1v) is 8.90. The van der Waals surface area contributed by atoms with E-state index >= 15 is 0 Å². The van der Waals surface area contributed by atoms with Crippen molar-refractivity contribution in [2.24, 2.45) is 5.73 Å². The largest absolute Gasteiger partial charge is 0.336 e. The highest BCUT2D eigenvalue weighted by Gasteiger charge is 2.22. The molecule has 0 unspecified atom stereocenters. The van der Waals surface area contributed by atoms with E-state index in [1.165, 1.54) is 4.88 Å². The molecule has 0 atom stereocenters. The number of hydrogen-bond acceptors (Lipinski definition) is 4. The molecule has 3 rings (SSSR count). The summed E-state index contributed by atoms with van der Waals surface area (Å²) in [6.45, 7) is 4.71. The standard InChI is InChI=1S/C17H20ClN3OS.ClH/c18-16-6-5-15(23-16)12-20-7-9-21(10-8-20)17(22)14-3-1-13(11-19)2-4-14;/h1-6H,7-12,19H2;1H. The van der Waals surface area contributed by atoms with Crippen LogP contribution in [0.4, 0.5) is 0 Å². The lowest BCUT2D eigenvalue weighted by molar-refractivity contribution is 0.0629. The molecule has 0 bridgehead atoms. The van der Waals surface area contributed by atoms with E-state index in [0.29, 0.717) is 6.54 Å². The number of carbonyl (C=O) groups excluding carboxylic acids is 1. The lowest BCUT2D eigenvalue weighted by Crippen LogP contribution is -2.48. The smallest absolute Gasteiger partial charge is 0.253 e. The molecule has 1 aliphatic rings. The van der Waals surface area contributed by atoms with E-state index in [1.807, 2.05) is 35.2 Å². The molecule has 0 radical (unpaired) electrons. The van der Waals surface area contributed by atoms with Gasteiger partial charge in [0, 0.05) is 49.7 Å². The molecule has 130 valence electrons. The molecule has 0 saturated carbocycles. The maximum absolute atomic E-state index is 12.5. The van der Waals surface area contributed by atoms with E-state index in [9.17, 15) is 4.79 Å². The molecule has 24 heavy (non-hydrogen) atoms. The first-order chi connectivity index (χ1) is 11.2. The first kappa shape index (κ1) is 19.2. The Balaban J connectivity index is 0.00000208. The van der Waals surface area contributed by atoms with Crippen LogP contribution in [-0.4, -0.2) is 41.9 Å². The Labute approximate surface area is 157 Å². The number of amides is 1. The van der Waals surface area contributed by atoms with Gasteiger partial charge in [-0.3, -0.25) is 9.69 Å². The molecule has 1 saturated heterocycles. The van der Waals surface area contributed by atoms with Crippen molar-refractivity contribution in [3.05, 3.63) is 56.7 Å². The summed E-state index contributed by atoms with van der Waals surface area (Å²) in [5.41, 5.74) is 7.37. The topological polar surface area (TPSA) is 49.6 Å². The van der Waals surface area contributed by atoms with E-state index < -0.39 is 0 Å². The van der Waals surface area contributed by atoms with Crippen LogP contribution in [0, 0.1) is 0 Å². The van der Waals surface area contributed by atoms with Crippen molar-refractivity contribution in [2.45, 2.75) is 13.1 Å². The van der Waals surface area contributed by atoms with Gasteiger partial charge in [-0.15, -0.1) is 23.7 Å². The third-order valence-electron chi connectivity index (χ3n) is 4.10. The molecule has 2 N–H and O–H groups in total. The van der Waals surface area contributed by atoms with Crippen molar-refractivity contribution in [1.82, 2.24) is 9.80 Å². The van der Waals surface area contributed by atoms with Crippen molar-refractivity contribution in [2.75, 3.05) is 26.2 Å². The van der Waals surface area contributed by atoms with Gasteiger partial charge < -0.3 is 10.6 Å². The third-order valence-corrected chi connectivity index (χ3v) is 5.32. The summed E-state index contributed by atoms with van der Waals surface area (Å²) in [6.07, 6.45) is 0. The second-order valence-corrected chi connectivity index (χ2v) is 7.47. The Kier molecular flexibility index (Phi) is 7.07. The predicted molar refractivity (Wildman–Crippen MR) is 102 cm³/mol. The van der Waals surface area contributed by atoms with Gasteiger partial charge in [-0.1, -0.05) is 23.7 Å². The molecule has 0 aliphatic carbocycles. The van der Waals surface area contributed by atoms with Gasteiger partial charge in [-0.05, 0) is 29.8 Å². The second kappa shape index (κ2) is 8.83. The van der Waals surface area contributed by atoms with E-state index in [4.69, 9.17) is 17.3 Å². The van der Waals surface area contributed by atoms with Crippen molar-refractivity contribution in [3.8, 4) is 0 Å². The number of piperazine rings is 1. The fraction of sp³-hybridized carbons (Fsp3) is 0.353. The number of nitrogens with two attached hydrogens (primary N) is 1. The Morgan fingerprint density at radius 2 is 1.75 bits per heavy atom. The minimum Gasteiger partial charge on any atom is -0.336 e. The van der Waals surface area contributed by atoms with E-state index in [0.717, 1.165) is 48.2 Å². The highest BCUT2D eigenvalue weighted by atomic mass is 35.5. The van der Waals surface area contributed by atoms with Crippen LogP contribution in [0.15, 0.2) is 36.4 Å². The maximum Gasteiger partial charge on any atom is 0.253 e. The van der Waals surface area contributed by atoms with E-state index in [-0.39, 0.29) is 18.3 Å². The predicted octanol–water partition coefficient (Wildman–Crippen LogP) is 3.24. The van der Waals surface area contributed by atoms with Gasteiger partial charge in [0.2, 0.25) is 0 Å². The normalized spacial score (nSPS) is 15.2. The van der Waals surface area contributed by atoms with Gasteiger partial charge in [-0.25, -0.2) is 0 Å². The van der Waals surface area contributed by atoms with Crippen molar-refractivity contribution in [1.29, 1.82) is 0 Å². The number of hydrogen-bond donors (Lipinski definition) is 1. The second-order valence-electron chi connectivity index (χ2n) is 5.68. The Morgan fingerprint density at radius 3 is 2.29 bits per heavy atom. The lowest BCUT2D eigenvalue weighted by Gasteiger charge is -2.34. The molecule has 1 amide bonds. The number of halogens is 2. The Bertz CT molecular complexity index is 667. The summed E-state index contributed by atoms with van der Waals surface area (Å²) < 4.78 is 0.828. The quantitative estimate of drug-likeness (QED) is 0.878. The van der Waals surface area contributed by atoms with Crippen LogP contribution < -0.4 is 5.73 Å². The Hall–Kier alpha value is -1.11. The molecule has 7 heteroatoms. The Morgan fingerprint density at radius 1 is 1.08 bits per heavy atom. The zero-order valence-corrected chi connectivity index (χ0v) is 15.7. The van der Waals surface area contributed by atoms with Crippen LogP contribution in [0.1, 0.15) is 20.8 Å². The average Bonchev–Trinajstić information content (AvgIpc) is 3.00. The molecular weight excluding hydrogens is 365 g/mol. The van der Waals surface area contributed by atoms with Crippen LogP contribution in [0.25, 0.3) is 0 Å². The van der Waals surface area contributed by atoms with Gasteiger partial charge in [0.25, 0.3) is 5.91 Å². The fourth-order valence-corrected chi connectivity index (χ4v) is 3.86. The van der Waals surface area contributed by atoms with E-state index in [2.05, 4.69) is 11.0 Å². The third kappa shape index (κ3) is 4.71. The fourth-order valence-electron chi connectivity index (χ4n) is 2.73. The van der Waals surface area contributed by atoms with Crippen molar-refractivity contribution >= 4 is 41.3 Å². The summed E-state index contributed by atoms with van der Waals surface area (Å²) in [5, 5.41) is 0. The molecule has 0 spiro atoms. The van der Waals surface area contributed by atoms with Crippen LogP contribution >= 0.6 is 35.3 Å². The molecule has 1 aliphatic heterocycles. The average molecular weight is 386 g/mol. The van der Waals surface area contributed by atoms with Crippen molar-refractivity contribution in [3.63, 3.8) is 0 Å². The van der Waals surface area contributed by atoms with Gasteiger partial charge in [0.1, 0.15) is 0 Å². The summed E-state index contributed by atoms with van der Waals surface area (Å²) in [6, 6.07) is 11.6. The van der Waals surface area contributed by atoms with Gasteiger partial charge in [0.15, 0.2) is 0 Å². The molecule has 4 nitrogen and oxygen atoms in total.